The molecule has 0 fully saturated rings. The van der Waals surface area contributed by atoms with Gasteiger partial charge in [-0.1, -0.05) is 19.1 Å². The van der Waals surface area contributed by atoms with Crippen LogP contribution in [0.5, 0.6) is 11.5 Å². The summed E-state index contributed by atoms with van der Waals surface area (Å²) in [5.74, 6) is 2.63. The highest BCUT2D eigenvalue weighted by Gasteiger charge is 2.25. The van der Waals surface area contributed by atoms with Gasteiger partial charge in [0.15, 0.2) is 11.5 Å². The lowest BCUT2D eigenvalue weighted by atomic mass is 10.0. The van der Waals surface area contributed by atoms with Gasteiger partial charge in [-0.3, -0.25) is 0 Å². The second-order valence-corrected chi connectivity index (χ2v) is 5.15. The van der Waals surface area contributed by atoms with E-state index in [1.54, 1.807) is 0 Å². The van der Waals surface area contributed by atoms with Crippen molar-refractivity contribution in [3.8, 4) is 11.5 Å². The molecule has 1 aromatic heterocycles. The van der Waals surface area contributed by atoms with E-state index >= 15 is 0 Å². The monoisotopic (exact) mass is 287 g/mol. The van der Waals surface area contributed by atoms with E-state index in [4.69, 9.17) is 9.47 Å². The zero-order valence-corrected chi connectivity index (χ0v) is 12.5. The molecule has 0 spiro atoms. The van der Waals surface area contributed by atoms with E-state index in [9.17, 15) is 0 Å². The maximum Gasteiger partial charge on any atom is 0.166 e. The molecule has 0 radical (unpaired) electrons. The maximum atomic E-state index is 5.85. The zero-order chi connectivity index (χ0) is 14.7. The predicted molar refractivity (Wildman–Crippen MR) is 80.8 cm³/mol. The van der Waals surface area contributed by atoms with Gasteiger partial charge < -0.3 is 19.4 Å². The fraction of sp³-hybridized carbons (Fsp3) is 0.438. The lowest BCUT2D eigenvalue weighted by molar-refractivity contribution is 0.169. The van der Waals surface area contributed by atoms with Crippen molar-refractivity contribution in [1.29, 1.82) is 0 Å². The molecule has 1 aliphatic rings. The first-order valence-corrected chi connectivity index (χ1v) is 7.40. The van der Waals surface area contributed by atoms with Gasteiger partial charge in [-0.2, -0.15) is 0 Å². The van der Waals surface area contributed by atoms with Crippen LogP contribution in [0.15, 0.2) is 30.6 Å². The minimum absolute atomic E-state index is 0.00148. The molecule has 1 N–H and O–H groups in total. The van der Waals surface area contributed by atoms with Crippen molar-refractivity contribution in [2.24, 2.45) is 7.05 Å². The second-order valence-electron chi connectivity index (χ2n) is 5.15. The van der Waals surface area contributed by atoms with Crippen LogP contribution in [0.2, 0.25) is 0 Å². The molecule has 3 rings (SSSR count). The molecule has 112 valence electrons. The van der Waals surface area contributed by atoms with Crippen LogP contribution in [0.25, 0.3) is 0 Å². The van der Waals surface area contributed by atoms with Gasteiger partial charge in [-0.25, -0.2) is 4.98 Å². The van der Waals surface area contributed by atoms with Crippen LogP contribution in [0.4, 0.5) is 0 Å². The van der Waals surface area contributed by atoms with Gasteiger partial charge in [0.1, 0.15) is 19.0 Å². The van der Waals surface area contributed by atoms with Gasteiger partial charge in [-0.15, -0.1) is 0 Å². The molecular formula is C16H21N3O2. The summed E-state index contributed by atoms with van der Waals surface area (Å²) in [7, 11) is 2.01. The predicted octanol–water partition coefficient (Wildman–Crippen LogP) is 2.28. The number of rotatable bonds is 5. The highest BCUT2D eigenvalue weighted by molar-refractivity contribution is 5.50. The summed E-state index contributed by atoms with van der Waals surface area (Å²) >= 11 is 0. The summed E-state index contributed by atoms with van der Waals surface area (Å²) in [6, 6.07) is 6.04. The third kappa shape index (κ3) is 2.74. The molecule has 0 aliphatic carbocycles. The summed E-state index contributed by atoms with van der Waals surface area (Å²) in [6.45, 7) is 4.27. The Bertz CT molecular complexity index is 609. The summed E-state index contributed by atoms with van der Waals surface area (Å²) in [6.07, 6.45) is 4.85. The number of fused-ring (bicyclic) bond motifs is 1. The minimum Gasteiger partial charge on any atom is -0.486 e. The Balaban J connectivity index is 2.02. The van der Waals surface area contributed by atoms with E-state index in [0.29, 0.717) is 13.2 Å². The number of benzene rings is 1. The number of ether oxygens (including phenoxy) is 2. The molecule has 2 aromatic rings. The second kappa shape index (κ2) is 6.18. The number of nitrogens with one attached hydrogen (secondary N) is 1. The van der Waals surface area contributed by atoms with Crippen molar-refractivity contribution in [2.45, 2.75) is 19.4 Å². The molecular weight excluding hydrogens is 266 g/mol. The first-order valence-electron chi connectivity index (χ1n) is 7.40. The van der Waals surface area contributed by atoms with Gasteiger partial charge in [0.05, 0.1) is 6.04 Å². The van der Waals surface area contributed by atoms with Crippen LogP contribution >= 0.6 is 0 Å². The number of hydrogen-bond acceptors (Lipinski definition) is 4. The topological polar surface area (TPSA) is 48.3 Å². The van der Waals surface area contributed by atoms with Gasteiger partial charge in [-0.05, 0) is 19.0 Å². The number of nitrogens with zero attached hydrogens (tertiary/aromatic N) is 2. The standard InChI is InChI=1S/C16H21N3O2/c1-3-7-17-14(16-18-8-9-19(16)2)12-5-4-6-13-15(12)21-11-10-20-13/h4-6,8-9,14,17H,3,7,10-11H2,1-2H3. The normalized spacial score (nSPS) is 15.0. The van der Waals surface area contributed by atoms with E-state index in [1.165, 1.54) is 0 Å². The Morgan fingerprint density at radius 2 is 2.19 bits per heavy atom. The molecule has 1 atom stereocenters. The number of hydrogen-bond donors (Lipinski definition) is 1. The van der Waals surface area contributed by atoms with Crippen LogP contribution in [0.3, 0.4) is 0 Å². The van der Waals surface area contributed by atoms with Crippen LogP contribution in [-0.4, -0.2) is 29.3 Å². The molecule has 0 saturated heterocycles. The fourth-order valence-corrected chi connectivity index (χ4v) is 2.61. The number of para-hydroxylation sites is 1. The van der Waals surface area contributed by atoms with E-state index < -0.39 is 0 Å². The molecule has 2 heterocycles. The first-order chi connectivity index (χ1) is 10.3. The summed E-state index contributed by atoms with van der Waals surface area (Å²) < 4.78 is 13.6. The van der Waals surface area contributed by atoms with Gasteiger partial charge >= 0.3 is 0 Å². The van der Waals surface area contributed by atoms with Gasteiger partial charge in [0.2, 0.25) is 0 Å². The largest absolute Gasteiger partial charge is 0.486 e. The highest BCUT2D eigenvalue weighted by atomic mass is 16.6. The first kappa shape index (κ1) is 13.9. The van der Waals surface area contributed by atoms with Crippen LogP contribution < -0.4 is 14.8 Å². The van der Waals surface area contributed by atoms with E-state index in [-0.39, 0.29) is 6.04 Å². The van der Waals surface area contributed by atoms with Crippen LogP contribution in [0, 0.1) is 0 Å². The number of aryl methyl sites for hydroxylation is 1. The lowest BCUT2D eigenvalue weighted by Crippen LogP contribution is -2.27. The summed E-state index contributed by atoms with van der Waals surface area (Å²) in [5.41, 5.74) is 1.08. The smallest absolute Gasteiger partial charge is 0.166 e. The Morgan fingerprint density at radius 1 is 1.33 bits per heavy atom. The molecule has 1 aliphatic heterocycles. The molecule has 1 aromatic carbocycles. The molecule has 1 unspecified atom stereocenters. The summed E-state index contributed by atoms with van der Waals surface area (Å²) in [5, 5.41) is 3.56. The Morgan fingerprint density at radius 3 is 2.95 bits per heavy atom. The van der Waals surface area contributed by atoms with Crippen molar-refractivity contribution in [3.63, 3.8) is 0 Å². The molecule has 0 amide bonds. The average molecular weight is 287 g/mol. The highest BCUT2D eigenvalue weighted by Crippen LogP contribution is 2.38. The van der Waals surface area contributed by atoms with Crippen molar-refractivity contribution in [3.05, 3.63) is 42.0 Å². The number of aromatic nitrogens is 2. The third-order valence-electron chi connectivity index (χ3n) is 3.62. The lowest BCUT2D eigenvalue weighted by Gasteiger charge is -2.25. The zero-order valence-electron chi connectivity index (χ0n) is 12.5. The van der Waals surface area contributed by atoms with Crippen LogP contribution in [0.1, 0.15) is 30.8 Å². The quantitative estimate of drug-likeness (QED) is 0.916. The van der Waals surface area contributed by atoms with Crippen LogP contribution in [-0.2, 0) is 7.05 Å². The Labute approximate surface area is 124 Å². The average Bonchev–Trinajstić information content (AvgIpc) is 2.94. The van der Waals surface area contributed by atoms with Crippen molar-refractivity contribution < 1.29 is 9.47 Å². The maximum absolute atomic E-state index is 5.85. The molecule has 5 heteroatoms. The Hall–Kier alpha value is -2.01. The third-order valence-corrected chi connectivity index (χ3v) is 3.62. The minimum atomic E-state index is 0.00148. The SMILES string of the molecule is CCCNC(c1cccc2c1OCCO2)c1nccn1C. The van der Waals surface area contributed by atoms with E-state index in [1.807, 2.05) is 36.1 Å². The van der Waals surface area contributed by atoms with Gasteiger partial charge in [0, 0.05) is 25.0 Å². The van der Waals surface area contributed by atoms with E-state index in [0.717, 1.165) is 35.9 Å². The Kier molecular flexibility index (Phi) is 4.10. The summed E-state index contributed by atoms with van der Waals surface area (Å²) in [4.78, 5) is 4.50. The molecule has 0 saturated carbocycles. The molecule has 5 nitrogen and oxygen atoms in total. The van der Waals surface area contributed by atoms with E-state index in [2.05, 4.69) is 23.3 Å². The van der Waals surface area contributed by atoms with Crippen molar-refractivity contribution in [2.75, 3.05) is 19.8 Å². The molecule has 0 bridgehead atoms. The van der Waals surface area contributed by atoms with Crippen molar-refractivity contribution in [1.82, 2.24) is 14.9 Å². The number of imidazole rings is 1. The molecule has 21 heavy (non-hydrogen) atoms. The fourth-order valence-electron chi connectivity index (χ4n) is 2.61. The van der Waals surface area contributed by atoms with Crippen molar-refractivity contribution >= 4 is 0 Å². The van der Waals surface area contributed by atoms with Gasteiger partial charge in [0.25, 0.3) is 0 Å².